The van der Waals surface area contributed by atoms with Gasteiger partial charge < -0.3 is 14.8 Å². The fourth-order valence-corrected chi connectivity index (χ4v) is 1.91. The second kappa shape index (κ2) is 8.29. The summed E-state index contributed by atoms with van der Waals surface area (Å²) in [5.74, 6) is -0.811. The first kappa shape index (κ1) is 17.0. The zero-order valence-electron chi connectivity index (χ0n) is 12.5. The van der Waals surface area contributed by atoms with Gasteiger partial charge in [0.25, 0.3) is 0 Å². The summed E-state index contributed by atoms with van der Waals surface area (Å²) in [7, 11) is 0. The van der Waals surface area contributed by atoms with Gasteiger partial charge in [-0.25, -0.2) is 8.78 Å². The van der Waals surface area contributed by atoms with Gasteiger partial charge in [0.05, 0.1) is 0 Å². The minimum absolute atomic E-state index is 0.305. The molecule has 0 saturated heterocycles. The Morgan fingerprint density at radius 3 is 2.25 bits per heavy atom. The van der Waals surface area contributed by atoms with E-state index < -0.39 is 11.6 Å². The molecule has 0 aliphatic carbocycles. The van der Waals surface area contributed by atoms with E-state index in [-0.39, 0.29) is 12.3 Å². The number of hydrogen-bond donors (Lipinski definition) is 1. The van der Waals surface area contributed by atoms with Crippen molar-refractivity contribution in [2.45, 2.75) is 40.0 Å². The highest BCUT2D eigenvalue weighted by molar-refractivity contribution is 5.27. The van der Waals surface area contributed by atoms with Gasteiger partial charge in [-0.2, -0.15) is 0 Å². The highest BCUT2D eigenvalue weighted by Gasteiger charge is 2.16. The molecule has 0 aliphatic rings. The van der Waals surface area contributed by atoms with Crippen molar-refractivity contribution in [2.75, 3.05) is 19.8 Å². The number of halogens is 2. The largest absolute Gasteiger partial charge is 0.352 e. The first-order chi connectivity index (χ1) is 9.49. The highest BCUT2D eigenvalue weighted by atomic mass is 19.1. The van der Waals surface area contributed by atoms with E-state index in [0.29, 0.717) is 30.9 Å². The van der Waals surface area contributed by atoms with Gasteiger partial charge >= 0.3 is 0 Å². The Kier molecular flexibility index (Phi) is 7.05. The number of hydrogen-bond acceptors (Lipinski definition) is 3. The summed E-state index contributed by atoms with van der Waals surface area (Å²) >= 11 is 0. The molecule has 1 aromatic carbocycles. The van der Waals surface area contributed by atoms with Crippen molar-refractivity contribution in [3.63, 3.8) is 0 Å². The van der Waals surface area contributed by atoms with Gasteiger partial charge in [0, 0.05) is 31.4 Å². The van der Waals surface area contributed by atoms with Crippen LogP contribution >= 0.6 is 0 Å². The maximum absolute atomic E-state index is 13.8. The van der Waals surface area contributed by atoms with Gasteiger partial charge in [0.2, 0.25) is 0 Å². The smallest absolute Gasteiger partial charge is 0.169 e. The lowest BCUT2D eigenvalue weighted by Crippen LogP contribution is -2.33. The van der Waals surface area contributed by atoms with Crippen LogP contribution in [-0.2, 0) is 9.47 Å². The van der Waals surface area contributed by atoms with Gasteiger partial charge in [-0.1, -0.05) is 0 Å². The summed E-state index contributed by atoms with van der Waals surface area (Å²) < 4.78 is 38.1. The number of aryl methyl sites for hydroxylation is 1. The van der Waals surface area contributed by atoms with E-state index in [1.54, 1.807) is 13.8 Å². The van der Waals surface area contributed by atoms with Crippen molar-refractivity contribution >= 4 is 0 Å². The highest BCUT2D eigenvalue weighted by Crippen LogP contribution is 2.20. The second-order valence-electron chi connectivity index (χ2n) is 4.59. The Morgan fingerprint density at radius 1 is 1.10 bits per heavy atom. The van der Waals surface area contributed by atoms with Gasteiger partial charge in [0.15, 0.2) is 6.29 Å². The number of rotatable bonds is 8. The average Bonchev–Trinajstić information content (AvgIpc) is 2.40. The molecule has 0 amide bonds. The number of ether oxygens (including phenoxy) is 2. The molecule has 3 nitrogen and oxygen atoms in total. The molecule has 114 valence electrons. The third-order valence-corrected chi connectivity index (χ3v) is 3.04. The fourth-order valence-electron chi connectivity index (χ4n) is 1.91. The third-order valence-electron chi connectivity index (χ3n) is 3.04. The minimum atomic E-state index is -0.409. The molecule has 0 aromatic heterocycles. The van der Waals surface area contributed by atoms with Crippen LogP contribution in [0, 0.1) is 18.6 Å². The molecule has 0 heterocycles. The van der Waals surface area contributed by atoms with Crippen LogP contribution in [0.3, 0.4) is 0 Å². The zero-order valence-corrected chi connectivity index (χ0v) is 12.5. The maximum Gasteiger partial charge on any atom is 0.169 e. The molecule has 0 aliphatic heterocycles. The molecule has 0 saturated carbocycles. The number of benzene rings is 1. The van der Waals surface area contributed by atoms with Crippen molar-refractivity contribution in [1.29, 1.82) is 0 Å². The Labute approximate surface area is 119 Å². The number of nitrogens with one attached hydrogen (secondary N) is 1. The summed E-state index contributed by atoms with van der Waals surface area (Å²) in [6, 6.07) is 2.12. The predicted molar refractivity (Wildman–Crippen MR) is 74.6 cm³/mol. The van der Waals surface area contributed by atoms with Crippen molar-refractivity contribution < 1.29 is 18.3 Å². The van der Waals surface area contributed by atoms with Crippen LogP contribution < -0.4 is 5.32 Å². The normalized spacial score (nSPS) is 12.9. The van der Waals surface area contributed by atoms with Crippen LogP contribution in [-0.4, -0.2) is 26.0 Å². The van der Waals surface area contributed by atoms with E-state index in [1.165, 1.54) is 12.1 Å². The molecule has 1 rings (SSSR count). The van der Waals surface area contributed by atoms with E-state index >= 15 is 0 Å². The summed E-state index contributed by atoms with van der Waals surface area (Å²) in [6.45, 7) is 8.57. The average molecular weight is 287 g/mol. The molecule has 1 N–H and O–H groups in total. The SMILES string of the molecule is CCOC(CNC(C)c1cc(F)c(C)cc1F)OCC. The molecule has 20 heavy (non-hydrogen) atoms. The molecule has 0 radical (unpaired) electrons. The topological polar surface area (TPSA) is 30.5 Å². The lowest BCUT2D eigenvalue weighted by Gasteiger charge is -2.21. The van der Waals surface area contributed by atoms with Crippen LogP contribution in [0.1, 0.15) is 37.9 Å². The quantitative estimate of drug-likeness (QED) is 0.744. The van der Waals surface area contributed by atoms with Crippen molar-refractivity contribution in [2.24, 2.45) is 0 Å². The van der Waals surface area contributed by atoms with E-state index in [0.717, 1.165) is 0 Å². The molecule has 1 unspecified atom stereocenters. The monoisotopic (exact) mass is 287 g/mol. The molecular weight excluding hydrogens is 264 g/mol. The molecule has 0 fully saturated rings. The van der Waals surface area contributed by atoms with Crippen molar-refractivity contribution in [3.8, 4) is 0 Å². The van der Waals surface area contributed by atoms with Crippen LogP contribution in [0.5, 0.6) is 0 Å². The first-order valence-electron chi connectivity index (χ1n) is 6.91. The molecule has 0 bridgehead atoms. The first-order valence-corrected chi connectivity index (χ1v) is 6.91. The van der Waals surface area contributed by atoms with Crippen molar-refractivity contribution in [1.82, 2.24) is 5.32 Å². The summed E-state index contributed by atoms with van der Waals surface area (Å²) in [6.07, 6.45) is -0.384. The lowest BCUT2D eigenvalue weighted by atomic mass is 10.1. The van der Waals surface area contributed by atoms with Crippen LogP contribution in [0.4, 0.5) is 8.78 Å². The standard InChI is InChI=1S/C15H23F2NO2/c1-5-19-15(20-6-2)9-18-11(4)12-8-13(16)10(3)7-14(12)17/h7-8,11,15,18H,5-6,9H2,1-4H3. The van der Waals surface area contributed by atoms with Gasteiger partial charge in [0.1, 0.15) is 11.6 Å². The fraction of sp³-hybridized carbons (Fsp3) is 0.600. The van der Waals surface area contributed by atoms with E-state index in [2.05, 4.69) is 5.32 Å². The summed E-state index contributed by atoms with van der Waals surface area (Å²) in [4.78, 5) is 0. The van der Waals surface area contributed by atoms with E-state index in [9.17, 15) is 8.78 Å². The zero-order chi connectivity index (χ0) is 15.1. The van der Waals surface area contributed by atoms with Gasteiger partial charge in [-0.15, -0.1) is 0 Å². The third kappa shape index (κ3) is 4.81. The lowest BCUT2D eigenvalue weighted by molar-refractivity contribution is -0.133. The minimum Gasteiger partial charge on any atom is -0.352 e. The Hall–Kier alpha value is -1.04. The van der Waals surface area contributed by atoms with Crippen LogP contribution in [0.25, 0.3) is 0 Å². The Balaban J connectivity index is 2.66. The van der Waals surface area contributed by atoms with E-state index in [4.69, 9.17) is 9.47 Å². The Bertz CT molecular complexity index is 421. The van der Waals surface area contributed by atoms with Gasteiger partial charge in [-0.3, -0.25) is 0 Å². The maximum atomic E-state index is 13.8. The van der Waals surface area contributed by atoms with Gasteiger partial charge in [-0.05, 0) is 45.4 Å². The summed E-state index contributed by atoms with van der Waals surface area (Å²) in [5, 5.41) is 3.10. The van der Waals surface area contributed by atoms with Crippen molar-refractivity contribution in [3.05, 3.63) is 34.9 Å². The summed E-state index contributed by atoms with van der Waals surface area (Å²) in [5.41, 5.74) is 0.611. The molecule has 1 aromatic rings. The molecule has 1 atom stereocenters. The van der Waals surface area contributed by atoms with E-state index in [1.807, 2.05) is 13.8 Å². The molecule has 0 spiro atoms. The van der Waals surface area contributed by atoms with Crippen LogP contribution in [0.2, 0.25) is 0 Å². The molecular formula is C15H23F2NO2. The van der Waals surface area contributed by atoms with Crippen LogP contribution in [0.15, 0.2) is 12.1 Å². The second-order valence-corrected chi connectivity index (χ2v) is 4.59. The Morgan fingerprint density at radius 2 is 1.70 bits per heavy atom. The predicted octanol–water partition coefficient (Wildman–Crippen LogP) is 3.32. The molecule has 5 heteroatoms.